The van der Waals surface area contributed by atoms with Crippen LogP contribution in [0.25, 0.3) is 33.3 Å². The first-order valence-electron chi connectivity index (χ1n) is 5.57. The van der Waals surface area contributed by atoms with Crippen LogP contribution in [0, 0.1) is 0 Å². The van der Waals surface area contributed by atoms with Crippen LogP contribution < -0.4 is 0 Å². The maximum atomic E-state index is 5.23. The third-order valence-electron chi connectivity index (χ3n) is 2.99. The molecule has 2 aromatic heterocycles. The van der Waals surface area contributed by atoms with Crippen LogP contribution in [0.2, 0.25) is 0 Å². The van der Waals surface area contributed by atoms with E-state index in [1.54, 1.807) is 0 Å². The molecule has 0 bridgehead atoms. The average Bonchev–Trinajstić information content (AvgIpc) is 3.05. The van der Waals surface area contributed by atoms with Gasteiger partial charge in [0.05, 0.1) is 0 Å². The average molecular weight is 236 g/mol. The molecule has 0 fully saturated rings. The highest BCUT2D eigenvalue weighted by Gasteiger charge is 2.05. The normalized spacial score (nSPS) is 11.3. The second-order valence-electron chi connectivity index (χ2n) is 4.07. The number of oxazole rings is 2. The van der Waals surface area contributed by atoms with Crippen molar-refractivity contribution in [3.63, 3.8) is 0 Å². The fourth-order valence-electron chi connectivity index (χ4n) is 2.07. The van der Waals surface area contributed by atoms with Crippen LogP contribution in [-0.2, 0) is 0 Å². The van der Waals surface area contributed by atoms with E-state index in [4.69, 9.17) is 8.83 Å². The summed E-state index contributed by atoms with van der Waals surface area (Å²) in [7, 11) is 0. The highest BCUT2D eigenvalue weighted by molar-refractivity contribution is 5.84. The zero-order valence-corrected chi connectivity index (χ0v) is 9.33. The highest BCUT2D eigenvalue weighted by atomic mass is 16.3. The van der Waals surface area contributed by atoms with Crippen molar-refractivity contribution in [3.8, 4) is 11.1 Å². The molecule has 0 aliphatic carbocycles. The van der Waals surface area contributed by atoms with E-state index >= 15 is 0 Å². The lowest BCUT2D eigenvalue weighted by Crippen LogP contribution is -1.78. The molecule has 2 heterocycles. The van der Waals surface area contributed by atoms with Crippen LogP contribution in [0.4, 0.5) is 0 Å². The van der Waals surface area contributed by atoms with Gasteiger partial charge in [-0.25, -0.2) is 9.97 Å². The van der Waals surface area contributed by atoms with Crippen molar-refractivity contribution in [2.45, 2.75) is 0 Å². The standard InChI is InChI=1S/C14H8N2O2/c1-3-13-11(15-7-17-13)5-9(1)10-2-4-14-12(6-10)16-8-18-14/h1-8H. The molecule has 0 N–H and O–H groups in total. The highest BCUT2D eigenvalue weighted by Crippen LogP contribution is 2.26. The van der Waals surface area contributed by atoms with Crippen molar-refractivity contribution in [1.82, 2.24) is 9.97 Å². The predicted molar refractivity (Wildman–Crippen MR) is 67.0 cm³/mol. The third-order valence-corrected chi connectivity index (χ3v) is 2.99. The summed E-state index contributed by atoms with van der Waals surface area (Å²) in [4.78, 5) is 8.31. The molecular weight excluding hydrogens is 228 g/mol. The maximum absolute atomic E-state index is 5.23. The van der Waals surface area contributed by atoms with Crippen LogP contribution in [0.3, 0.4) is 0 Å². The van der Waals surface area contributed by atoms with Gasteiger partial charge in [-0.05, 0) is 35.4 Å². The summed E-state index contributed by atoms with van der Waals surface area (Å²) in [5.74, 6) is 0. The van der Waals surface area contributed by atoms with Crippen molar-refractivity contribution >= 4 is 22.2 Å². The van der Waals surface area contributed by atoms with Crippen molar-refractivity contribution in [3.05, 3.63) is 49.2 Å². The van der Waals surface area contributed by atoms with E-state index in [1.807, 2.05) is 36.4 Å². The summed E-state index contributed by atoms with van der Waals surface area (Å²) in [6.07, 6.45) is 2.91. The molecule has 0 unspecified atom stereocenters. The number of nitrogens with zero attached hydrogens (tertiary/aromatic N) is 2. The SMILES string of the molecule is c1nc2cc(-c3ccc4ocnc4c3)ccc2o1. The minimum Gasteiger partial charge on any atom is -0.443 e. The predicted octanol–water partition coefficient (Wildman–Crippen LogP) is 3.64. The van der Waals surface area contributed by atoms with E-state index in [9.17, 15) is 0 Å². The Kier molecular flexibility index (Phi) is 1.80. The fraction of sp³-hybridized carbons (Fsp3) is 0. The molecule has 2 aromatic carbocycles. The summed E-state index contributed by atoms with van der Waals surface area (Å²) in [6.45, 7) is 0. The molecular formula is C14H8N2O2. The number of hydrogen-bond donors (Lipinski definition) is 0. The number of aromatic nitrogens is 2. The summed E-state index contributed by atoms with van der Waals surface area (Å²) in [5.41, 5.74) is 5.46. The van der Waals surface area contributed by atoms with Gasteiger partial charge in [0.1, 0.15) is 11.0 Å². The molecule has 0 radical (unpaired) electrons. The first-order chi connectivity index (χ1) is 8.90. The van der Waals surface area contributed by atoms with Gasteiger partial charge in [0.25, 0.3) is 0 Å². The summed E-state index contributed by atoms with van der Waals surface area (Å²) >= 11 is 0. The van der Waals surface area contributed by atoms with Crippen molar-refractivity contribution in [1.29, 1.82) is 0 Å². The minimum absolute atomic E-state index is 0.793. The third kappa shape index (κ3) is 1.32. The fourth-order valence-corrected chi connectivity index (χ4v) is 2.07. The Morgan fingerprint density at radius 3 is 1.67 bits per heavy atom. The van der Waals surface area contributed by atoms with Gasteiger partial charge in [-0.15, -0.1) is 0 Å². The Bertz CT molecular complexity index is 773. The number of benzene rings is 2. The van der Waals surface area contributed by atoms with Gasteiger partial charge < -0.3 is 8.83 Å². The lowest BCUT2D eigenvalue weighted by molar-refractivity contribution is 0.602. The van der Waals surface area contributed by atoms with Gasteiger partial charge in [-0.2, -0.15) is 0 Å². The second kappa shape index (κ2) is 3.43. The molecule has 4 nitrogen and oxygen atoms in total. The summed E-state index contributed by atoms with van der Waals surface area (Å²) < 4.78 is 10.5. The van der Waals surface area contributed by atoms with Crippen LogP contribution in [0.5, 0.6) is 0 Å². The number of rotatable bonds is 1. The van der Waals surface area contributed by atoms with Gasteiger partial charge in [-0.3, -0.25) is 0 Å². The molecule has 0 saturated carbocycles. The van der Waals surface area contributed by atoms with E-state index < -0.39 is 0 Å². The van der Waals surface area contributed by atoms with Crippen LogP contribution in [0.15, 0.2) is 58.0 Å². The second-order valence-corrected chi connectivity index (χ2v) is 4.07. The molecule has 4 heteroatoms. The van der Waals surface area contributed by atoms with Gasteiger partial charge in [0.2, 0.25) is 0 Å². The Labute approximate surface area is 102 Å². The Balaban J connectivity index is 1.93. The van der Waals surface area contributed by atoms with E-state index in [0.29, 0.717) is 0 Å². The Morgan fingerprint density at radius 1 is 0.667 bits per heavy atom. The molecule has 18 heavy (non-hydrogen) atoms. The van der Waals surface area contributed by atoms with Gasteiger partial charge >= 0.3 is 0 Å². The first kappa shape index (κ1) is 9.41. The van der Waals surface area contributed by atoms with E-state index in [-0.39, 0.29) is 0 Å². The van der Waals surface area contributed by atoms with E-state index in [1.165, 1.54) is 12.8 Å². The van der Waals surface area contributed by atoms with Gasteiger partial charge in [0.15, 0.2) is 24.0 Å². The summed E-state index contributed by atoms with van der Waals surface area (Å²) in [6, 6.07) is 11.9. The Morgan fingerprint density at radius 2 is 1.17 bits per heavy atom. The number of hydrogen-bond acceptors (Lipinski definition) is 4. The molecule has 0 saturated heterocycles. The lowest BCUT2D eigenvalue weighted by Gasteiger charge is -2.00. The molecule has 0 aliphatic rings. The zero-order valence-electron chi connectivity index (χ0n) is 9.33. The zero-order chi connectivity index (χ0) is 11.9. The maximum Gasteiger partial charge on any atom is 0.181 e. The molecule has 0 atom stereocenters. The summed E-state index contributed by atoms with van der Waals surface area (Å²) in [5, 5.41) is 0. The number of fused-ring (bicyclic) bond motifs is 2. The van der Waals surface area contributed by atoms with E-state index in [0.717, 1.165) is 33.3 Å². The van der Waals surface area contributed by atoms with Crippen LogP contribution >= 0.6 is 0 Å². The molecule has 0 aliphatic heterocycles. The molecule has 4 rings (SSSR count). The lowest BCUT2D eigenvalue weighted by atomic mass is 10.0. The van der Waals surface area contributed by atoms with Crippen molar-refractivity contribution in [2.75, 3.05) is 0 Å². The van der Waals surface area contributed by atoms with Gasteiger partial charge in [0, 0.05) is 0 Å². The quantitative estimate of drug-likeness (QED) is 0.506. The largest absolute Gasteiger partial charge is 0.443 e. The van der Waals surface area contributed by atoms with Crippen LogP contribution in [-0.4, -0.2) is 9.97 Å². The molecule has 86 valence electrons. The Hall–Kier alpha value is -2.62. The molecule has 0 amide bonds. The molecule has 4 aromatic rings. The monoisotopic (exact) mass is 236 g/mol. The molecule has 0 spiro atoms. The topological polar surface area (TPSA) is 52.1 Å². The smallest absolute Gasteiger partial charge is 0.181 e. The minimum atomic E-state index is 0.793. The van der Waals surface area contributed by atoms with Crippen molar-refractivity contribution in [2.24, 2.45) is 0 Å². The van der Waals surface area contributed by atoms with Crippen LogP contribution in [0.1, 0.15) is 0 Å². The first-order valence-corrected chi connectivity index (χ1v) is 5.57. The van der Waals surface area contributed by atoms with Gasteiger partial charge in [-0.1, -0.05) is 12.1 Å². The van der Waals surface area contributed by atoms with E-state index in [2.05, 4.69) is 9.97 Å². The van der Waals surface area contributed by atoms with Crippen molar-refractivity contribution < 1.29 is 8.83 Å².